The summed E-state index contributed by atoms with van der Waals surface area (Å²) in [5.41, 5.74) is 2.93. The largest absolute Gasteiger partial charge is 0.384 e. The van der Waals surface area contributed by atoms with E-state index in [1.54, 1.807) is 12.4 Å². The molecule has 17 heavy (non-hydrogen) atoms. The van der Waals surface area contributed by atoms with Gasteiger partial charge in [-0.3, -0.25) is 4.98 Å². The van der Waals surface area contributed by atoms with Gasteiger partial charge >= 0.3 is 0 Å². The first-order valence-electron chi connectivity index (χ1n) is 5.58. The second kappa shape index (κ2) is 5.43. The third-order valence-corrected chi connectivity index (χ3v) is 3.15. The summed E-state index contributed by atoms with van der Waals surface area (Å²) in [5.74, 6) is 0. The van der Waals surface area contributed by atoms with E-state index in [1.165, 1.54) is 5.56 Å². The third-order valence-electron chi connectivity index (χ3n) is 2.72. The first-order chi connectivity index (χ1) is 8.20. The van der Waals surface area contributed by atoms with Crippen molar-refractivity contribution in [2.45, 2.75) is 19.4 Å². The summed E-state index contributed by atoms with van der Waals surface area (Å²) in [6, 6.07) is 9.89. The van der Waals surface area contributed by atoms with Crippen molar-refractivity contribution in [3.8, 4) is 0 Å². The second-order valence-electron chi connectivity index (χ2n) is 3.94. The minimum absolute atomic E-state index is 0.619. The highest BCUT2D eigenvalue weighted by atomic mass is 79.9. The quantitative estimate of drug-likeness (QED) is 0.939. The van der Waals surface area contributed by atoms with Crippen molar-refractivity contribution in [2.24, 2.45) is 0 Å². The molecule has 0 fully saturated rings. The number of benzene rings is 1. The lowest BCUT2D eigenvalue weighted by atomic mass is 10.0. The molecule has 1 heterocycles. The lowest BCUT2D eigenvalue weighted by Crippen LogP contribution is -2.00. The minimum atomic E-state index is -0.619. The van der Waals surface area contributed by atoms with Crippen molar-refractivity contribution < 1.29 is 5.11 Å². The van der Waals surface area contributed by atoms with Crippen LogP contribution in [0.1, 0.15) is 29.7 Å². The van der Waals surface area contributed by atoms with Crippen molar-refractivity contribution >= 4 is 15.9 Å². The summed E-state index contributed by atoms with van der Waals surface area (Å²) in [6.45, 7) is 2.10. The summed E-state index contributed by atoms with van der Waals surface area (Å²) in [5, 5.41) is 10.3. The van der Waals surface area contributed by atoms with E-state index < -0.39 is 6.10 Å². The van der Waals surface area contributed by atoms with Gasteiger partial charge in [-0.25, -0.2) is 0 Å². The molecule has 1 atom stereocenters. The van der Waals surface area contributed by atoms with Crippen LogP contribution in [0.15, 0.2) is 47.2 Å². The van der Waals surface area contributed by atoms with Crippen molar-refractivity contribution in [2.75, 3.05) is 0 Å². The number of aromatic nitrogens is 1. The monoisotopic (exact) mass is 291 g/mol. The Morgan fingerprint density at radius 3 is 2.76 bits per heavy atom. The molecular weight excluding hydrogens is 278 g/mol. The highest BCUT2D eigenvalue weighted by Gasteiger charge is 2.11. The Bertz CT molecular complexity index is 513. The highest BCUT2D eigenvalue weighted by Crippen LogP contribution is 2.24. The Morgan fingerprint density at radius 1 is 1.24 bits per heavy atom. The van der Waals surface area contributed by atoms with Crippen LogP contribution >= 0.6 is 15.9 Å². The molecule has 0 spiro atoms. The molecule has 0 bridgehead atoms. The number of rotatable bonds is 3. The normalized spacial score (nSPS) is 12.4. The molecule has 0 saturated heterocycles. The number of aryl methyl sites for hydroxylation is 1. The molecule has 0 aliphatic rings. The summed E-state index contributed by atoms with van der Waals surface area (Å²) in [4.78, 5) is 4.07. The molecule has 1 aromatic heterocycles. The second-order valence-corrected chi connectivity index (χ2v) is 4.85. The average Bonchev–Trinajstić information content (AvgIpc) is 2.38. The van der Waals surface area contributed by atoms with E-state index in [-0.39, 0.29) is 0 Å². The van der Waals surface area contributed by atoms with Crippen LogP contribution in [-0.4, -0.2) is 10.1 Å². The van der Waals surface area contributed by atoms with Gasteiger partial charge in [0.25, 0.3) is 0 Å². The first-order valence-corrected chi connectivity index (χ1v) is 6.37. The number of hydrogen-bond acceptors (Lipinski definition) is 2. The standard InChI is InChI=1S/C14H14BrNO/c1-2-10-4-3-5-11(6-10)14(17)12-7-13(15)9-16-8-12/h3-9,14,17H,2H2,1H3. The van der Waals surface area contributed by atoms with Crippen LogP contribution in [0.2, 0.25) is 0 Å². The molecular formula is C14H14BrNO. The molecule has 0 aliphatic carbocycles. The van der Waals surface area contributed by atoms with Crippen LogP contribution in [0.3, 0.4) is 0 Å². The maximum Gasteiger partial charge on any atom is 0.106 e. The van der Waals surface area contributed by atoms with Crippen LogP contribution < -0.4 is 0 Å². The molecule has 0 aliphatic heterocycles. The SMILES string of the molecule is CCc1cccc(C(O)c2cncc(Br)c2)c1. The number of pyridine rings is 1. The van der Waals surface area contributed by atoms with E-state index in [4.69, 9.17) is 0 Å². The van der Waals surface area contributed by atoms with Crippen LogP contribution in [0.5, 0.6) is 0 Å². The van der Waals surface area contributed by atoms with Crippen molar-refractivity contribution in [1.82, 2.24) is 4.98 Å². The molecule has 1 unspecified atom stereocenters. The predicted octanol–water partition coefficient (Wildman–Crippen LogP) is 3.49. The van der Waals surface area contributed by atoms with E-state index in [0.717, 1.165) is 22.0 Å². The van der Waals surface area contributed by atoms with Gasteiger partial charge in [0.05, 0.1) is 0 Å². The van der Waals surface area contributed by atoms with Crippen LogP contribution in [0.4, 0.5) is 0 Å². The Hall–Kier alpha value is -1.19. The van der Waals surface area contributed by atoms with Gasteiger partial charge in [0.15, 0.2) is 0 Å². The molecule has 1 N–H and O–H groups in total. The summed E-state index contributed by atoms with van der Waals surface area (Å²) >= 11 is 3.36. The van der Waals surface area contributed by atoms with E-state index in [0.29, 0.717) is 0 Å². The maximum absolute atomic E-state index is 10.3. The summed E-state index contributed by atoms with van der Waals surface area (Å²) in [6.07, 6.45) is 3.75. The van der Waals surface area contributed by atoms with Crippen molar-refractivity contribution in [3.63, 3.8) is 0 Å². The van der Waals surface area contributed by atoms with E-state index in [1.807, 2.05) is 24.3 Å². The highest BCUT2D eigenvalue weighted by molar-refractivity contribution is 9.10. The fraction of sp³-hybridized carbons (Fsp3) is 0.214. The van der Waals surface area contributed by atoms with Gasteiger partial charge in [0.2, 0.25) is 0 Å². The number of nitrogens with zero attached hydrogens (tertiary/aromatic N) is 1. The number of hydrogen-bond donors (Lipinski definition) is 1. The van der Waals surface area contributed by atoms with E-state index in [9.17, 15) is 5.11 Å². The molecule has 2 nitrogen and oxygen atoms in total. The Morgan fingerprint density at radius 2 is 2.06 bits per heavy atom. The molecule has 0 saturated carbocycles. The van der Waals surface area contributed by atoms with Gasteiger partial charge in [-0.2, -0.15) is 0 Å². The molecule has 0 amide bonds. The van der Waals surface area contributed by atoms with Crippen LogP contribution in [0, 0.1) is 0 Å². The lowest BCUT2D eigenvalue weighted by Gasteiger charge is -2.12. The van der Waals surface area contributed by atoms with Crippen LogP contribution in [0.25, 0.3) is 0 Å². The Labute approximate surface area is 109 Å². The van der Waals surface area contributed by atoms with Gasteiger partial charge in [0, 0.05) is 22.4 Å². The zero-order chi connectivity index (χ0) is 12.3. The molecule has 0 radical (unpaired) electrons. The Kier molecular flexibility index (Phi) is 3.92. The summed E-state index contributed by atoms with van der Waals surface area (Å²) in [7, 11) is 0. The molecule has 2 aromatic rings. The molecule has 88 valence electrons. The zero-order valence-corrected chi connectivity index (χ0v) is 11.2. The minimum Gasteiger partial charge on any atom is -0.384 e. The third kappa shape index (κ3) is 2.93. The van der Waals surface area contributed by atoms with Gasteiger partial charge in [0.1, 0.15) is 6.10 Å². The van der Waals surface area contributed by atoms with Gasteiger partial charge < -0.3 is 5.11 Å². The zero-order valence-electron chi connectivity index (χ0n) is 9.60. The van der Waals surface area contributed by atoms with E-state index >= 15 is 0 Å². The fourth-order valence-electron chi connectivity index (χ4n) is 1.75. The number of aliphatic hydroxyl groups is 1. The molecule has 1 aromatic carbocycles. The van der Waals surface area contributed by atoms with E-state index in [2.05, 4.69) is 33.9 Å². The predicted molar refractivity (Wildman–Crippen MR) is 71.8 cm³/mol. The Balaban J connectivity index is 2.33. The lowest BCUT2D eigenvalue weighted by molar-refractivity contribution is 0.219. The van der Waals surface area contributed by atoms with Gasteiger partial charge in [-0.05, 0) is 39.5 Å². The van der Waals surface area contributed by atoms with Gasteiger partial charge in [-0.15, -0.1) is 0 Å². The maximum atomic E-state index is 10.3. The topological polar surface area (TPSA) is 33.1 Å². The van der Waals surface area contributed by atoms with Crippen molar-refractivity contribution in [3.05, 3.63) is 63.9 Å². The summed E-state index contributed by atoms with van der Waals surface area (Å²) < 4.78 is 0.876. The molecule has 2 rings (SSSR count). The van der Waals surface area contributed by atoms with Gasteiger partial charge in [-0.1, -0.05) is 31.2 Å². The average molecular weight is 292 g/mol. The van der Waals surface area contributed by atoms with Crippen LogP contribution in [-0.2, 0) is 6.42 Å². The smallest absolute Gasteiger partial charge is 0.106 e. The van der Waals surface area contributed by atoms with Crippen molar-refractivity contribution in [1.29, 1.82) is 0 Å². The fourth-order valence-corrected chi connectivity index (χ4v) is 2.14. The molecule has 3 heteroatoms. The number of aliphatic hydroxyl groups excluding tert-OH is 1. The number of halogens is 1. The first kappa shape index (κ1) is 12.3.